The maximum absolute atomic E-state index is 13.1. The van der Waals surface area contributed by atoms with E-state index in [0.29, 0.717) is 29.4 Å². The molecule has 2 heterocycles. The number of carbonyl (C=O) groups is 1. The molecule has 0 bridgehead atoms. The van der Waals surface area contributed by atoms with Crippen LogP contribution < -0.4 is 4.90 Å². The highest BCUT2D eigenvalue weighted by atomic mass is 19.1. The Bertz CT molecular complexity index is 967. The molecular weight excluding hydrogens is 359 g/mol. The van der Waals surface area contributed by atoms with Gasteiger partial charge in [0.1, 0.15) is 11.9 Å². The molecule has 0 aliphatic carbocycles. The number of nitrogens with zero attached hydrogens (tertiary/aromatic N) is 4. The molecule has 0 radical (unpaired) electrons. The highest BCUT2D eigenvalue weighted by Gasteiger charge is 2.34. The van der Waals surface area contributed by atoms with E-state index < -0.39 is 0 Å². The summed E-state index contributed by atoms with van der Waals surface area (Å²) >= 11 is 0. The van der Waals surface area contributed by atoms with Crippen molar-refractivity contribution in [3.05, 3.63) is 65.8 Å². The Morgan fingerprint density at radius 2 is 1.86 bits per heavy atom. The molecule has 1 aromatic heterocycles. The van der Waals surface area contributed by atoms with Crippen molar-refractivity contribution in [3.8, 4) is 11.4 Å². The minimum absolute atomic E-state index is 0.0469. The van der Waals surface area contributed by atoms with Crippen molar-refractivity contribution in [2.45, 2.75) is 18.9 Å². The third-order valence-electron chi connectivity index (χ3n) is 4.97. The Hall–Kier alpha value is -3.22. The van der Waals surface area contributed by atoms with E-state index in [0.717, 1.165) is 18.5 Å². The standard InChI is InChI=1S/C21H21FN4O2/c1-25(2)17-11-7-15(8-12-17)21(27)26-13-3-4-18(26)20-23-19(24-28-20)14-5-9-16(22)10-6-14/h5-12,18H,3-4,13H2,1-2H3/t18-/m0/s1. The van der Waals surface area contributed by atoms with Crippen LogP contribution in [0, 0.1) is 5.82 Å². The molecule has 0 unspecified atom stereocenters. The number of benzene rings is 2. The van der Waals surface area contributed by atoms with Gasteiger partial charge in [-0.15, -0.1) is 0 Å². The first-order valence-electron chi connectivity index (χ1n) is 9.21. The van der Waals surface area contributed by atoms with Crippen LogP contribution in [0.25, 0.3) is 11.4 Å². The van der Waals surface area contributed by atoms with Gasteiger partial charge in [0.05, 0.1) is 0 Å². The highest BCUT2D eigenvalue weighted by Crippen LogP contribution is 2.33. The van der Waals surface area contributed by atoms with Crippen molar-refractivity contribution in [1.82, 2.24) is 15.0 Å². The Kier molecular flexibility index (Phi) is 4.81. The molecule has 2 aromatic carbocycles. The van der Waals surface area contributed by atoms with Crippen LogP contribution in [0.15, 0.2) is 53.1 Å². The van der Waals surface area contributed by atoms with Gasteiger partial charge in [-0.1, -0.05) is 5.16 Å². The molecule has 1 aliphatic rings. The third-order valence-corrected chi connectivity index (χ3v) is 4.97. The van der Waals surface area contributed by atoms with Crippen molar-refractivity contribution >= 4 is 11.6 Å². The normalized spacial score (nSPS) is 16.4. The maximum atomic E-state index is 13.1. The number of aromatic nitrogens is 2. The smallest absolute Gasteiger partial charge is 0.254 e. The molecule has 0 spiro atoms. The van der Waals surface area contributed by atoms with Gasteiger partial charge in [0.2, 0.25) is 11.7 Å². The topological polar surface area (TPSA) is 62.5 Å². The second kappa shape index (κ2) is 7.42. The lowest BCUT2D eigenvalue weighted by Gasteiger charge is -2.22. The van der Waals surface area contributed by atoms with Crippen LogP contribution in [0.2, 0.25) is 0 Å². The summed E-state index contributed by atoms with van der Waals surface area (Å²) in [6.45, 7) is 0.646. The molecule has 1 aliphatic heterocycles. The molecular formula is C21H21FN4O2. The minimum Gasteiger partial charge on any atom is -0.378 e. The number of hydrogen-bond acceptors (Lipinski definition) is 5. The molecule has 6 nitrogen and oxygen atoms in total. The van der Waals surface area contributed by atoms with Crippen molar-refractivity contribution in [2.75, 3.05) is 25.5 Å². The summed E-state index contributed by atoms with van der Waals surface area (Å²) in [5, 5.41) is 4.01. The zero-order valence-electron chi connectivity index (χ0n) is 15.8. The second-order valence-corrected chi connectivity index (χ2v) is 7.06. The van der Waals surface area contributed by atoms with Gasteiger partial charge in [-0.05, 0) is 61.4 Å². The van der Waals surface area contributed by atoms with Crippen LogP contribution in [0.3, 0.4) is 0 Å². The molecule has 28 heavy (non-hydrogen) atoms. The predicted molar refractivity (Wildman–Crippen MR) is 103 cm³/mol. The van der Waals surface area contributed by atoms with Crippen LogP contribution >= 0.6 is 0 Å². The van der Waals surface area contributed by atoms with Crippen LogP contribution in [0.5, 0.6) is 0 Å². The van der Waals surface area contributed by atoms with E-state index >= 15 is 0 Å². The van der Waals surface area contributed by atoms with Gasteiger partial charge in [0, 0.05) is 37.5 Å². The number of carbonyl (C=O) groups excluding carboxylic acids is 1. The molecule has 1 saturated heterocycles. The zero-order valence-corrected chi connectivity index (χ0v) is 15.8. The molecule has 0 N–H and O–H groups in total. The molecule has 1 fully saturated rings. The summed E-state index contributed by atoms with van der Waals surface area (Å²) in [6, 6.07) is 13.2. The maximum Gasteiger partial charge on any atom is 0.254 e. The van der Waals surface area contributed by atoms with Crippen LogP contribution in [-0.4, -0.2) is 41.6 Å². The zero-order chi connectivity index (χ0) is 19.7. The summed E-state index contributed by atoms with van der Waals surface area (Å²) in [7, 11) is 3.92. The molecule has 1 atom stereocenters. The quantitative estimate of drug-likeness (QED) is 0.687. The molecule has 4 rings (SSSR count). The lowest BCUT2D eigenvalue weighted by Crippen LogP contribution is -2.30. The summed E-state index contributed by atoms with van der Waals surface area (Å²) in [5.74, 6) is 0.439. The number of hydrogen-bond donors (Lipinski definition) is 0. The fourth-order valence-electron chi connectivity index (χ4n) is 3.42. The van der Waals surface area contributed by atoms with Crippen molar-refractivity contribution in [2.24, 2.45) is 0 Å². The molecule has 1 amide bonds. The van der Waals surface area contributed by atoms with Crippen molar-refractivity contribution < 1.29 is 13.7 Å². The Morgan fingerprint density at radius 3 is 2.54 bits per heavy atom. The van der Waals surface area contributed by atoms with E-state index in [9.17, 15) is 9.18 Å². The van der Waals surface area contributed by atoms with Gasteiger partial charge in [-0.25, -0.2) is 4.39 Å². The monoisotopic (exact) mass is 380 g/mol. The van der Waals surface area contributed by atoms with Gasteiger partial charge in [-0.2, -0.15) is 4.98 Å². The number of anilines is 1. The fourth-order valence-corrected chi connectivity index (χ4v) is 3.42. The first kappa shape index (κ1) is 18.2. The molecule has 144 valence electrons. The largest absolute Gasteiger partial charge is 0.378 e. The lowest BCUT2D eigenvalue weighted by molar-refractivity contribution is 0.0710. The first-order valence-corrected chi connectivity index (χ1v) is 9.21. The minimum atomic E-state index is -0.319. The fraction of sp³-hybridized carbons (Fsp3) is 0.286. The van der Waals surface area contributed by atoms with E-state index in [4.69, 9.17) is 4.52 Å². The number of halogens is 1. The van der Waals surface area contributed by atoms with E-state index in [1.807, 2.05) is 43.3 Å². The highest BCUT2D eigenvalue weighted by molar-refractivity contribution is 5.95. The van der Waals surface area contributed by atoms with Gasteiger partial charge in [0.15, 0.2) is 0 Å². The summed E-state index contributed by atoms with van der Waals surface area (Å²) in [6.07, 6.45) is 1.65. The lowest BCUT2D eigenvalue weighted by atomic mass is 10.1. The summed E-state index contributed by atoms with van der Waals surface area (Å²) in [5.41, 5.74) is 2.35. The Balaban J connectivity index is 1.55. The molecule has 7 heteroatoms. The molecule has 0 saturated carbocycles. The second-order valence-electron chi connectivity index (χ2n) is 7.06. The van der Waals surface area contributed by atoms with E-state index in [1.165, 1.54) is 12.1 Å². The SMILES string of the molecule is CN(C)c1ccc(C(=O)N2CCC[C@H]2c2nc(-c3ccc(F)cc3)no2)cc1. The Labute approximate surface area is 162 Å². The van der Waals surface area contributed by atoms with Crippen molar-refractivity contribution in [3.63, 3.8) is 0 Å². The van der Waals surface area contributed by atoms with Gasteiger partial charge in [-0.3, -0.25) is 4.79 Å². The van der Waals surface area contributed by atoms with E-state index in [2.05, 4.69) is 10.1 Å². The third kappa shape index (κ3) is 3.47. The first-order chi connectivity index (χ1) is 13.5. The van der Waals surface area contributed by atoms with E-state index in [1.54, 1.807) is 17.0 Å². The van der Waals surface area contributed by atoms with Crippen LogP contribution in [0.1, 0.15) is 35.1 Å². The Morgan fingerprint density at radius 1 is 1.14 bits per heavy atom. The average Bonchev–Trinajstić information content (AvgIpc) is 3.37. The van der Waals surface area contributed by atoms with Crippen molar-refractivity contribution in [1.29, 1.82) is 0 Å². The number of amides is 1. The number of rotatable bonds is 4. The predicted octanol–water partition coefficient (Wildman–Crippen LogP) is 3.92. The van der Waals surface area contributed by atoms with E-state index in [-0.39, 0.29) is 17.8 Å². The number of likely N-dealkylation sites (tertiary alicyclic amines) is 1. The van der Waals surface area contributed by atoms with Crippen LogP contribution in [-0.2, 0) is 0 Å². The summed E-state index contributed by atoms with van der Waals surface area (Å²) in [4.78, 5) is 21.2. The van der Waals surface area contributed by atoms with Gasteiger partial charge >= 0.3 is 0 Å². The van der Waals surface area contributed by atoms with Crippen LogP contribution in [0.4, 0.5) is 10.1 Å². The average molecular weight is 380 g/mol. The van der Waals surface area contributed by atoms with Gasteiger partial charge in [0.25, 0.3) is 5.91 Å². The van der Waals surface area contributed by atoms with Gasteiger partial charge < -0.3 is 14.3 Å². The summed E-state index contributed by atoms with van der Waals surface area (Å²) < 4.78 is 18.6. The molecule has 3 aromatic rings.